The van der Waals surface area contributed by atoms with Crippen LogP contribution in [0.5, 0.6) is 0 Å². The molecule has 0 saturated carbocycles. The number of carbonyl (C=O) groups is 2. The molecule has 0 saturated heterocycles. The first kappa shape index (κ1) is 29.7. The second-order valence-electron chi connectivity index (χ2n) is 8.04. The zero-order valence-electron chi connectivity index (χ0n) is 19.0. The van der Waals surface area contributed by atoms with E-state index in [1.165, 1.54) is 64.2 Å². The molecule has 0 atom stereocenters. The first-order valence-electron chi connectivity index (χ1n) is 11.8. The van der Waals surface area contributed by atoms with Crippen molar-refractivity contribution in [3.8, 4) is 0 Å². The SMILES string of the molecule is CCCCCCCCCCCCCCCOC(=O)CCCC(=O)OCC(F)(F)C(F)F. The highest BCUT2D eigenvalue weighted by Gasteiger charge is 2.42. The highest BCUT2D eigenvalue weighted by molar-refractivity contribution is 5.72. The van der Waals surface area contributed by atoms with Gasteiger partial charge in [-0.2, -0.15) is 8.78 Å². The van der Waals surface area contributed by atoms with Crippen LogP contribution in [0, 0.1) is 0 Å². The van der Waals surface area contributed by atoms with Gasteiger partial charge in [-0.15, -0.1) is 0 Å². The number of esters is 2. The van der Waals surface area contributed by atoms with Crippen LogP contribution in [-0.2, 0) is 19.1 Å². The average Bonchev–Trinajstić information content (AvgIpc) is 2.72. The van der Waals surface area contributed by atoms with Crippen molar-refractivity contribution in [2.45, 2.75) is 122 Å². The van der Waals surface area contributed by atoms with Gasteiger partial charge >= 0.3 is 24.3 Å². The maximum Gasteiger partial charge on any atom is 0.340 e. The van der Waals surface area contributed by atoms with Gasteiger partial charge in [0.1, 0.15) is 0 Å². The van der Waals surface area contributed by atoms with Crippen LogP contribution in [0.25, 0.3) is 0 Å². The monoisotopic (exact) mass is 456 g/mol. The molecule has 0 rings (SSSR count). The first-order chi connectivity index (χ1) is 14.8. The molecule has 0 bridgehead atoms. The highest BCUT2D eigenvalue weighted by Crippen LogP contribution is 2.23. The van der Waals surface area contributed by atoms with Crippen molar-refractivity contribution in [2.75, 3.05) is 13.2 Å². The first-order valence-corrected chi connectivity index (χ1v) is 11.8. The van der Waals surface area contributed by atoms with Crippen LogP contribution in [0.3, 0.4) is 0 Å². The molecule has 0 aromatic rings. The summed E-state index contributed by atoms with van der Waals surface area (Å²) in [7, 11) is 0. The minimum atomic E-state index is -4.36. The molecule has 0 aliphatic heterocycles. The standard InChI is InChI=1S/C23H40F4O4/c1-2-3-4-5-6-7-8-9-10-11-12-13-14-18-30-20(28)16-15-17-21(29)31-19-23(26,27)22(24)25/h22H,2-19H2,1H3. The van der Waals surface area contributed by atoms with E-state index in [0.29, 0.717) is 6.61 Å². The molecule has 0 heterocycles. The average molecular weight is 457 g/mol. The Labute approximate surface area is 184 Å². The number of ether oxygens (including phenoxy) is 2. The largest absolute Gasteiger partial charge is 0.466 e. The van der Waals surface area contributed by atoms with E-state index >= 15 is 0 Å². The molecule has 4 nitrogen and oxygen atoms in total. The molecule has 184 valence electrons. The topological polar surface area (TPSA) is 52.6 Å². The van der Waals surface area contributed by atoms with Gasteiger partial charge in [0.15, 0.2) is 6.61 Å². The van der Waals surface area contributed by atoms with E-state index in [4.69, 9.17) is 4.74 Å². The van der Waals surface area contributed by atoms with Gasteiger partial charge in [0.25, 0.3) is 0 Å². The highest BCUT2D eigenvalue weighted by atomic mass is 19.3. The second-order valence-corrected chi connectivity index (χ2v) is 8.04. The smallest absolute Gasteiger partial charge is 0.340 e. The number of hydrogen-bond donors (Lipinski definition) is 0. The molecule has 0 radical (unpaired) electrons. The quantitative estimate of drug-likeness (QED) is 0.104. The summed E-state index contributed by atoms with van der Waals surface area (Å²) in [5.41, 5.74) is 0. The van der Waals surface area contributed by atoms with Crippen LogP contribution in [0.15, 0.2) is 0 Å². The van der Waals surface area contributed by atoms with E-state index in [2.05, 4.69) is 11.7 Å². The number of carbonyl (C=O) groups excluding carboxylic acids is 2. The fraction of sp³-hybridized carbons (Fsp3) is 0.913. The summed E-state index contributed by atoms with van der Waals surface area (Å²) in [4.78, 5) is 22.8. The lowest BCUT2D eigenvalue weighted by Crippen LogP contribution is -2.33. The molecule has 0 aromatic heterocycles. The summed E-state index contributed by atoms with van der Waals surface area (Å²) in [6, 6.07) is 0. The summed E-state index contributed by atoms with van der Waals surface area (Å²) >= 11 is 0. The lowest BCUT2D eigenvalue weighted by molar-refractivity contribution is -0.179. The zero-order chi connectivity index (χ0) is 23.4. The molecule has 0 spiro atoms. The van der Waals surface area contributed by atoms with Crippen molar-refractivity contribution in [1.82, 2.24) is 0 Å². The molecule has 0 aliphatic rings. The summed E-state index contributed by atoms with van der Waals surface area (Å²) in [6.45, 7) is 0.889. The van der Waals surface area contributed by atoms with E-state index in [0.717, 1.165) is 19.3 Å². The predicted molar refractivity (Wildman–Crippen MR) is 112 cm³/mol. The lowest BCUT2D eigenvalue weighted by atomic mass is 10.0. The normalized spacial score (nSPS) is 11.7. The fourth-order valence-electron chi connectivity index (χ4n) is 3.07. The van der Waals surface area contributed by atoms with Crippen LogP contribution in [0.4, 0.5) is 17.6 Å². The minimum absolute atomic E-state index is 0.0429. The molecule has 0 N–H and O–H groups in total. The van der Waals surface area contributed by atoms with Crippen molar-refractivity contribution in [1.29, 1.82) is 0 Å². The van der Waals surface area contributed by atoms with Gasteiger partial charge in [0, 0.05) is 12.8 Å². The maximum atomic E-state index is 12.6. The molecule has 8 heteroatoms. The Bertz CT molecular complexity index is 459. The summed E-state index contributed by atoms with van der Waals surface area (Å²) in [6.07, 6.45) is 11.8. The molecule has 31 heavy (non-hydrogen) atoms. The number of hydrogen-bond acceptors (Lipinski definition) is 4. The van der Waals surface area contributed by atoms with E-state index in [1.54, 1.807) is 0 Å². The number of unbranched alkanes of at least 4 members (excludes halogenated alkanes) is 12. The number of rotatable bonds is 21. The maximum absolute atomic E-state index is 12.6. The van der Waals surface area contributed by atoms with Gasteiger partial charge < -0.3 is 9.47 Å². The van der Waals surface area contributed by atoms with E-state index in [9.17, 15) is 27.2 Å². The van der Waals surface area contributed by atoms with Gasteiger partial charge in [-0.25, -0.2) is 8.78 Å². The molecular formula is C23H40F4O4. The van der Waals surface area contributed by atoms with Crippen molar-refractivity contribution < 1.29 is 36.6 Å². The third-order valence-corrected chi connectivity index (χ3v) is 5.02. The summed E-state index contributed by atoms with van der Waals surface area (Å²) in [5.74, 6) is -5.86. The van der Waals surface area contributed by atoms with Crippen LogP contribution >= 0.6 is 0 Å². The Morgan fingerprint density at radius 2 is 1.10 bits per heavy atom. The van der Waals surface area contributed by atoms with Gasteiger partial charge in [-0.05, 0) is 12.8 Å². The Hall–Kier alpha value is -1.34. The van der Waals surface area contributed by atoms with E-state index in [1.807, 2.05) is 0 Å². The van der Waals surface area contributed by atoms with Gasteiger partial charge in [-0.1, -0.05) is 84.0 Å². The number of halogens is 4. The number of alkyl halides is 4. The van der Waals surface area contributed by atoms with Crippen LogP contribution in [0.1, 0.15) is 110 Å². The Morgan fingerprint density at radius 3 is 1.55 bits per heavy atom. The third-order valence-electron chi connectivity index (χ3n) is 5.02. The Balaban J connectivity index is 3.41. The summed E-state index contributed by atoms with van der Waals surface area (Å²) < 4.78 is 58.3. The van der Waals surface area contributed by atoms with Crippen molar-refractivity contribution in [2.24, 2.45) is 0 Å². The van der Waals surface area contributed by atoms with Gasteiger partial charge in [-0.3, -0.25) is 9.59 Å². The lowest BCUT2D eigenvalue weighted by Gasteiger charge is -2.14. The molecule has 0 fully saturated rings. The zero-order valence-corrected chi connectivity index (χ0v) is 19.0. The Morgan fingerprint density at radius 1 is 0.677 bits per heavy atom. The molecule has 0 amide bonds. The van der Waals surface area contributed by atoms with Crippen LogP contribution in [-0.4, -0.2) is 37.5 Å². The van der Waals surface area contributed by atoms with Crippen LogP contribution < -0.4 is 0 Å². The van der Waals surface area contributed by atoms with Gasteiger partial charge in [0.2, 0.25) is 0 Å². The van der Waals surface area contributed by atoms with Gasteiger partial charge in [0.05, 0.1) is 6.61 Å². The second kappa shape index (κ2) is 19.4. The fourth-order valence-corrected chi connectivity index (χ4v) is 3.07. The van der Waals surface area contributed by atoms with Crippen molar-refractivity contribution in [3.05, 3.63) is 0 Å². The molecule has 0 unspecified atom stereocenters. The third kappa shape index (κ3) is 19.1. The minimum Gasteiger partial charge on any atom is -0.466 e. The molecular weight excluding hydrogens is 416 g/mol. The summed E-state index contributed by atoms with van der Waals surface area (Å²) in [5, 5.41) is 0. The van der Waals surface area contributed by atoms with E-state index < -0.39 is 30.9 Å². The molecule has 0 aliphatic carbocycles. The Kier molecular flexibility index (Phi) is 18.5. The van der Waals surface area contributed by atoms with Crippen LogP contribution in [0.2, 0.25) is 0 Å². The molecule has 0 aromatic carbocycles. The predicted octanol–water partition coefficient (Wildman–Crippen LogP) is 7.23. The van der Waals surface area contributed by atoms with Crippen molar-refractivity contribution in [3.63, 3.8) is 0 Å². The van der Waals surface area contributed by atoms with E-state index in [-0.39, 0.29) is 19.3 Å². The van der Waals surface area contributed by atoms with Crippen molar-refractivity contribution >= 4 is 11.9 Å².